The van der Waals surface area contributed by atoms with Crippen LogP contribution in [0.2, 0.25) is 5.02 Å². The molecule has 2 fully saturated rings. The average Bonchev–Trinajstić information content (AvgIpc) is 3.69. The summed E-state index contributed by atoms with van der Waals surface area (Å²) in [6.45, 7) is 10.1. The van der Waals surface area contributed by atoms with Gasteiger partial charge >= 0.3 is 12.2 Å². The van der Waals surface area contributed by atoms with E-state index in [2.05, 4.69) is 28.4 Å². The van der Waals surface area contributed by atoms with Crippen LogP contribution in [0.1, 0.15) is 89.8 Å². The van der Waals surface area contributed by atoms with E-state index in [-0.39, 0.29) is 60.4 Å². The second kappa shape index (κ2) is 13.8. The zero-order valence-electron chi connectivity index (χ0n) is 30.0. The topological polar surface area (TPSA) is 115 Å². The van der Waals surface area contributed by atoms with Gasteiger partial charge in [0.2, 0.25) is 0 Å². The maximum absolute atomic E-state index is 15.8. The minimum Gasteiger partial charge on any atom is -0.461 e. The Bertz CT molecular complexity index is 2060. The van der Waals surface area contributed by atoms with Crippen molar-refractivity contribution in [1.82, 2.24) is 29.5 Å². The summed E-state index contributed by atoms with van der Waals surface area (Å²) in [5.41, 5.74) is 5.55. The lowest BCUT2D eigenvalue weighted by Crippen LogP contribution is -2.43. The highest BCUT2D eigenvalue weighted by Crippen LogP contribution is 2.46. The molecule has 0 spiro atoms. The Morgan fingerprint density at radius 2 is 2.04 bits per heavy atom. The molecule has 3 atom stereocenters. The van der Waals surface area contributed by atoms with Gasteiger partial charge in [-0.3, -0.25) is 14.4 Å². The molecule has 1 amide bonds. The lowest BCUT2D eigenvalue weighted by atomic mass is 9.90. The van der Waals surface area contributed by atoms with E-state index < -0.39 is 40.5 Å². The number of hydrogen-bond donors (Lipinski definition) is 1. The molecular formula is C37H41ClF4N8O3. The minimum atomic E-state index is -4.95. The van der Waals surface area contributed by atoms with Crippen molar-refractivity contribution in [2.45, 2.75) is 89.5 Å². The molecule has 282 valence electrons. The van der Waals surface area contributed by atoms with Crippen molar-refractivity contribution in [2.75, 3.05) is 44.4 Å². The van der Waals surface area contributed by atoms with Gasteiger partial charge in [0.1, 0.15) is 12.4 Å². The van der Waals surface area contributed by atoms with Crippen LogP contribution in [0.5, 0.6) is 6.01 Å². The van der Waals surface area contributed by atoms with Crippen LogP contribution in [0.4, 0.5) is 29.1 Å². The smallest absolute Gasteiger partial charge is 0.418 e. The van der Waals surface area contributed by atoms with Gasteiger partial charge in [-0.25, -0.2) is 4.39 Å². The van der Waals surface area contributed by atoms with E-state index in [4.69, 9.17) is 36.8 Å². The molecule has 2 saturated heterocycles. The molecular weight excluding hydrogens is 716 g/mol. The van der Waals surface area contributed by atoms with E-state index in [0.717, 1.165) is 44.0 Å². The van der Waals surface area contributed by atoms with Crippen LogP contribution in [0, 0.1) is 17.7 Å². The molecule has 0 bridgehead atoms. The minimum absolute atomic E-state index is 0.0410. The number of hydrogen-bond acceptors (Lipinski definition) is 9. The van der Waals surface area contributed by atoms with E-state index >= 15 is 4.39 Å². The number of aromatic nitrogens is 4. The number of amides is 1. The van der Waals surface area contributed by atoms with E-state index in [1.165, 1.54) is 11.8 Å². The highest BCUT2D eigenvalue weighted by Gasteiger charge is 2.47. The molecule has 53 heavy (non-hydrogen) atoms. The molecule has 4 aliphatic rings. The fourth-order valence-corrected chi connectivity index (χ4v) is 8.41. The largest absolute Gasteiger partial charge is 0.461 e. The number of rotatable bonds is 6. The van der Waals surface area contributed by atoms with E-state index in [1.54, 1.807) is 18.8 Å². The molecule has 16 heteroatoms. The Hall–Kier alpha value is -4.39. The van der Waals surface area contributed by atoms with Crippen molar-refractivity contribution in [3.63, 3.8) is 0 Å². The molecule has 4 aliphatic heterocycles. The van der Waals surface area contributed by atoms with Crippen molar-refractivity contribution in [3.8, 4) is 17.9 Å². The number of halogens is 5. The highest BCUT2D eigenvalue weighted by atomic mass is 35.5. The fraction of sp³-hybridized carbons (Fsp3) is 0.514. The number of anilines is 2. The first kappa shape index (κ1) is 36.9. The number of nitrogen functional groups attached to an aromatic ring is 1. The number of carbonyl (C=O) groups is 1. The fourth-order valence-electron chi connectivity index (χ4n) is 8.13. The number of alkyl halides is 3. The lowest BCUT2D eigenvalue weighted by Gasteiger charge is -2.35. The van der Waals surface area contributed by atoms with Crippen LogP contribution in [0.3, 0.4) is 0 Å². The Balaban J connectivity index is 1.32. The Labute approximate surface area is 310 Å². The summed E-state index contributed by atoms with van der Waals surface area (Å²) >= 11 is 6.82. The molecule has 3 aromatic rings. The lowest BCUT2D eigenvalue weighted by molar-refractivity contribution is -0.140. The second-order valence-corrected chi connectivity index (χ2v) is 14.9. The van der Waals surface area contributed by atoms with Gasteiger partial charge in [-0.1, -0.05) is 29.7 Å². The zero-order valence-corrected chi connectivity index (χ0v) is 30.8. The molecule has 6 heterocycles. The van der Waals surface area contributed by atoms with Crippen LogP contribution >= 0.6 is 11.6 Å². The van der Waals surface area contributed by atoms with Crippen molar-refractivity contribution >= 4 is 29.0 Å². The van der Waals surface area contributed by atoms with Crippen LogP contribution in [-0.2, 0) is 37.0 Å². The Morgan fingerprint density at radius 3 is 2.75 bits per heavy atom. The van der Waals surface area contributed by atoms with Gasteiger partial charge in [-0.15, -0.1) is 5.92 Å². The van der Waals surface area contributed by atoms with Gasteiger partial charge in [0, 0.05) is 56.3 Å². The normalized spacial score (nSPS) is 22.8. The number of benzene rings is 1. The molecule has 0 aliphatic carbocycles. The van der Waals surface area contributed by atoms with Gasteiger partial charge in [0.25, 0.3) is 5.91 Å². The third-order valence-corrected chi connectivity index (χ3v) is 11.1. The number of ether oxygens (including phenoxy) is 2. The third kappa shape index (κ3) is 6.59. The monoisotopic (exact) mass is 756 g/mol. The van der Waals surface area contributed by atoms with Gasteiger partial charge in [-0.05, 0) is 52.1 Å². The molecule has 2 N–H and O–H groups in total. The summed E-state index contributed by atoms with van der Waals surface area (Å²) in [5.74, 6) is 3.80. The zero-order chi connectivity index (χ0) is 38.0. The first-order valence-electron chi connectivity index (χ1n) is 17.5. The van der Waals surface area contributed by atoms with E-state index in [1.807, 2.05) is 11.8 Å². The number of fused-ring (bicyclic) bond motifs is 3. The Kier molecular flexibility index (Phi) is 9.61. The summed E-state index contributed by atoms with van der Waals surface area (Å²) in [6, 6.07) is 0.809. The highest BCUT2D eigenvalue weighted by molar-refractivity contribution is 6.34. The number of nitrogens with zero attached hydrogens (tertiary/aromatic N) is 7. The maximum atomic E-state index is 15.8. The second-order valence-electron chi connectivity index (χ2n) is 14.5. The van der Waals surface area contributed by atoms with Crippen molar-refractivity contribution < 1.29 is 31.8 Å². The molecule has 2 aromatic heterocycles. The van der Waals surface area contributed by atoms with Crippen LogP contribution in [0.15, 0.2) is 18.2 Å². The molecule has 0 unspecified atom stereocenters. The maximum Gasteiger partial charge on any atom is 0.418 e. The average molecular weight is 757 g/mol. The summed E-state index contributed by atoms with van der Waals surface area (Å²) in [5, 5.41) is 4.77. The van der Waals surface area contributed by atoms with Crippen molar-refractivity contribution in [1.29, 1.82) is 0 Å². The van der Waals surface area contributed by atoms with Gasteiger partial charge in [0.05, 0.1) is 52.5 Å². The van der Waals surface area contributed by atoms with Gasteiger partial charge in [0.15, 0.2) is 11.5 Å². The SMILES string of the molecule is C=C1CN2CCC[C@]2(COc2nc3c(c(N4Cc5c(Cl)c(C(=O)N(C)C)nn5CC[C@@H]4C)n2)CO[C@H](c2c(F)c(N)cc(C#CC)c2C(F)(F)F)C3)C1. The predicted octanol–water partition coefficient (Wildman–Crippen LogP) is 5.93. The number of nitrogens with two attached hydrogens (primary N) is 1. The van der Waals surface area contributed by atoms with Crippen molar-refractivity contribution in [2.24, 2.45) is 0 Å². The standard InChI is InChI=1S/C37H41ClF4N8O3/c1-6-8-22-13-24(43)31(39)28(29(22)37(40,41)42)27-14-25-23(18-52-27)33(45-35(44-25)53-19-36-10-7-11-48(36)16-20(2)15-36)49-17-26-30(38)32(34(51)47(4)5)46-50(26)12-9-21(49)3/h13,21,27H,2,7,9-12,14-19,43H2,1,3-5H3/t21-,27-,36+/m0/s1. The van der Waals surface area contributed by atoms with Crippen molar-refractivity contribution in [3.05, 3.63) is 68.4 Å². The quantitative estimate of drug-likeness (QED) is 0.142. The molecule has 1 aromatic carbocycles. The summed E-state index contributed by atoms with van der Waals surface area (Å²) in [7, 11) is 3.24. The third-order valence-electron chi connectivity index (χ3n) is 10.7. The summed E-state index contributed by atoms with van der Waals surface area (Å²) in [4.78, 5) is 28.4. The van der Waals surface area contributed by atoms with E-state index in [0.29, 0.717) is 35.7 Å². The van der Waals surface area contributed by atoms with Crippen LogP contribution < -0.4 is 15.4 Å². The van der Waals surface area contributed by atoms with Gasteiger partial charge < -0.3 is 25.0 Å². The summed E-state index contributed by atoms with van der Waals surface area (Å²) < 4.78 is 74.0. The molecule has 0 saturated carbocycles. The Morgan fingerprint density at radius 1 is 1.26 bits per heavy atom. The van der Waals surface area contributed by atoms with Gasteiger partial charge in [-0.2, -0.15) is 28.2 Å². The number of carbonyl (C=O) groups excluding carboxylic acids is 1. The van der Waals surface area contributed by atoms with E-state index in [9.17, 15) is 18.0 Å². The molecule has 0 radical (unpaired) electrons. The number of aryl methyl sites for hydroxylation is 1. The van der Waals surface area contributed by atoms with Crippen LogP contribution in [-0.4, -0.2) is 80.8 Å². The molecule has 11 nitrogen and oxygen atoms in total. The summed E-state index contributed by atoms with van der Waals surface area (Å²) in [6.07, 6.45) is -3.26. The molecule has 7 rings (SSSR count). The first-order valence-corrected chi connectivity index (χ1v) is 17.9. The van der Waals surface area contributed by atoms with Crippen LogP contribution in [0.25, 0.3) is 0 Å². The first-order chi connectivity index (χ1) is 25.1. The predicted molar refractivity (Wildman–Crippen MR) is 190 cm³/mol.